The highest BCUT2D eigenvalue weighted by atomic mass is 16.3. The molecule has 0 bridgehead atoms. The van der Waals surface area contributed by atoms with E-state index in [1.165, 1.54) is 12.4 Å². The van der Waals surface area contributed by atoms with E-state index >= 15 is 0 Å². The van der Waals surface area contributed by atoms with E-state index in [4.69, 9.17) is 5.73 Å². The summed E-state index contributed by atoms with van der Waals surface area (Å²) in [5, 5.41) is 12.3. The molecule has 1 amide bonds. The highest BCUT2D eigenvalue weighted by molar-refractivity contribution is 5.96. The van der Waals surface area contributed by atoms with Gasteiger partial charge in [0.05, 0.1) is 6.10 Å². The summed E-state index contributed by atoms with van der Waals surface area (Å²) in [5.41, 5.74) is 5.74. The number of carbonyl (C=O) groups excluding carboxylic acids is 1. The molecule has 0 aromatic carbocycles. The lowest BCUT2D eigenvalue weighted by molar-refractivity contribution is 0.0870. The summed E-state index contributed by atoms with van der Waals surface area (Å²) in [4.78, 5) is 19.6. The van der Waals surface area contributed by atoms with Crippen LogP contribution in [0.2, 0.25) is 0 Å². The Kier molecular flexibility index (Phi) is 4.09. The molecule has 1 fully saturated rings. The molecule has 1 aromatic rings. The Labute approximate surface area is 106 Å². The fourth-order valence-electron chi connectivity index (χ4n) is 2.29. The second-order valence-corrected chi connectivity index (χ2v) is 4.69. The van der Waals surface area contributed by atoms with E-state index in [2.05, 4.69) is 15.3 Å². The van der Waals surface area contributed by atoms with E-state index in [9.17, 15) is 9.90 Å². The Morgan fingerprint density at radius 3 is 2.94 bits per heavy atom. The fourth-order valence-corrected chi connectivity index (χ4v) is 2.29. The first-order valence-corrected chi connectivity index (χ1v) is 6.19. The summed E-state index contributed by atoms with van der Waals surface area (Å²) in [5.74, 6) is 0.162. The van der Waals surface area contributed by atoms with Gasteiger partial charge in [-0.25, -0.2) is 9.97 Å². The minimum Gasteiger partial charge on any atom is -0.393 e. The SMILES string of the molecule is Nc1nccnc1C(=O)NCC1CCCC(O)C1. The van der Waals surface area contributed by atoms with Crippen LogP contribution in [0.1, 0.15) is 36.2 Å². The highest BCUT2D eigenvalue weighted by Crippen LogP contribution is 2.23. The third-order valence-electron chi connectivity index (χ3n) is 3.25. The third kappa shape index (κ3) is 3.16. The molecule has 1 aromatic heterocycles. The van der Waals surface area contributed by atoms with Crippen LogP contribution in [-0.2, 0) is 0 Å². The van der Waals surface area contributed by atoms with Crippen molar-refractivity contribution in [3.05, 3.63) is 18.1 Å². The van der Waals surface area contributed by atoms with Crippen molar-refractivity contribution in [2.45, 2.75) is 31.8 Å². The van der Waals surface area contributed by atoms with Crippen LogP contribution in [0.3, 0.4) is 0 Å². The molecule has 1 saturated carbocycles. The van der Waals surface area contributed by atoms with Crippen LogP contribution in [0.15, 0.2) is 12.4 Å². The van der Waals surface area contributed by atoms with Gasteiger partial charge in [-0.1, -0.05) is 6.42 Å². The van der Waals surface area contributed by atoms with E-state index in [1.54, 1.807) is 0 Å². The Morgan fingerprint density at radius 2 is 2.22 bits per heavy atom. The molecule has 0 aliphatic heterocycles. The van der Waals surface area contributed by atoms with Crippen molar-refractivity contribution < 1.29 is 9.90 Å². The summed E-state index contributed by atoms with van der Waals surface area (Å²) in [6.45, 7) is 0.548. The Hall–Kier alpha value is -1.69. The van der Waals surface area contributed by atoms with Crippen molar-refractivity contribution in [3.8, 4) is 0 Å². The number of aliphatic hydroxyl groups excluding tert-OH is 1. The van der Waals surface area contributed by atoms with Crippen molar-refractivity contribution in [3.63, 3.8) is 0 Å². The molecule has 6 heteroatoms. The molecule has 2 rings (SSSR count). The molecule has 1 aliphatic carbocycles. The summed E-state index contributed by atoms with van der Waals surface area (Å²) in [6.07, 6.45) is 6.31. The third-order valence-corrected chi connectivity index (χ3v) is 3.25. The number of rotatable bonds is 3. The molecule has 1 heterocycles. The molecule has 4 N–H and O–H groups in total. The monoisotopic (exact) mass is 250 g/mol. The quantitative estimate of drug-likeness (QED) is 0.718. The van der Waals surface area contributed by atoms with Gasteiger partial charge in [0.2, 0.25) is 0 Å². The first kappa shape index (κ1) is 12.8. The lowest BCUT2D eigenvalue weighted by Crippen LogP contribution is -2.33. The number of anilines is 1. The van der Waals surface area contributed by atoms with E-state index in [-0.39, 0.29) is 23.5 Å². The minimum absolute atomic E-state index is 0.138. The van der Waals surface area contributed by atoms with Crippen LogP contribution in [0.4, 0.5) is 5.82 Å². The van der Waals surface area contributed by atoms with Crippen LogP contribution in [-0.4, -0.2) is 33.6 Å². The van der Waals surface area contributed by atoms with Crippen molar-refractivity contribution in [2.75, 3.05) is 12.3 Å². The summed E-state index contributed by atoms with van der Waals surface area (Å²) in [7, 11) is 0. The van der Waals surface area contributed by atoms with Crippen LogP contribution < -0.4 is 11.1 Å². The van der Waals surface area contributed by atoms with Gasteiger partial charge >= 0.3 is 0 Å². The molecule has 2 unspecified atom stereocenters. The van der Waals surface area contributed by atoms with Crippen LogP contribution >= 0.6 is 0 Å². The second kappa shape index (κ2) is 5.77. The average molecular weight is 250 g/mol. The van der Waals surface area contributed by atoms with Gasteiger partial charge < -0.3 is 16.2 Å². The molecule has 0 radical (unpaired) electrons. The predicted molar refractivity (Wildman–Crippen MR) is 66.7 cm³/mol. The molecule has 6 nitrogen and oxygen atoms in total. The largest absolute Gasteiger partial charge is 0.393 e. The fraction of sp³-hybridized carbons (Fsp3) is 0.583. The normalized spacial score (nSPS) is 23.6. The lowest BCUT2D eigenvalue weighted by Gasteiger charge is -2.25. The van der Waals surface area contributed by atoms with Gasteiger partial charge in [0.15, 0.2) is 11.5 Å². The molecule has 98 valence electrons. The zero-order valence-electron chi connectivity index (χ0n) is 10.2. The van der Waals surface area contributed by atoms with Gasteiger partial charge in [-0.2, -0.15) is 0 Å². The second-order valence-electron chi connectivity index (χ2n) is 4.69. The summed E-state index contributed by atoms with van der Waals surface area (Å²) >= 11 is 0. The average Bonchev–Trinajstić information content (AvgIpc) is 2.37. The Balaban J connectivity index is 1.87. The number of amides is 1. The maximum absolute atomic E-state index is 11.8. The van der Waals surface area contributed by atoms with Crippen LogP contribution in [0.5, 0.6) is 0 Å². The Morgan fingerprint density at radius 1 is 1.44 bits per heavy atom. The number of nitrogens with zero attached hydrogens (tertiary/aromatic N) is 2. The minimum atomic E-state index is -0.305. The van der Waals surface area contributed by atoms with E-state index in [0.717, 1.165) is 25.7 Å². The number of nitrogens with two attached hydrogens (primary N) is 1. The topological polar surface area (TPSA) is 101 Å². The predicted octanol–water partition coefficient (Wildman–Crippen LogP) is 0.340. The molecule has 2 atom stereocenters. The van der Waals surface area contributed by atoms with Crippen LogP contribution in [0.25, 0.3) is 0 Å². The maximum atomic E-state index is 11.8. The zero-order chi connectivity index (χ0) is 13.0. The van der Waals surface area contributed by atoms with Gasteiger partial charge in [0, 0.05) is 18.9 Å². The lowest BCUT2D eigenvalue weighted by atomic mass is 9.87. The van der Waals surface area contributed by atoms with Gasteiger partial charge in [-0.3, -0.25) is 4.79 Å². The first-order chi connectivity index (χ1) is 8.66. The number of nitrogen functional groups attached to an aromatic ring is 1. The van der Waals surface area contributed by atoms with Crippen molar-refractivity contribution in [1.82, 2.24) is 15.3 Å². The standard InChI is InChI=1S/C12H18N4O2/c13-11-10(14-4-5-15-11)12(18)16-7-8-2-1-3-9(17)6-8/h4-5,8-9,17H,1-3,6-7H2,(H2,13,15)(H,16,18). The number of nitrogens with one attached hydrogen (secondary N) is 1. The van der Waals surface area contributed by atoms with E-state index in [0.29, 0.717) is 12.5 Å². The number of aromatic nitrogens is 2. The first-order valence-electron chi connectivity index (χ1n) is 6.19. The summed E-state index contributed by atoms with van der Waals surface area (Å²) in [6, 6.07) is 0. The number of hydrogen-bond acceptors (Lipinski definition) is 5. The van der Waals surface area contributed by atoms with E-state index in [1.807, 2.05) is 0 Å². The maximum Gasteiger partial charge on any atom is 0.273 e. The van der Waals surface area contributed by atoms with Gasteiger partial charge in [0.1, 0.15) is 0 Å². The highest BCUT2D eigenvalue weighted by Gasteiger charge is 2.21. The van der Waals surface area contributed by atoms with E-state index < -0.39 is 0 Å². The molecule has 0 spiro atoms. The van der Waals surface area contributed by atoms with Crippen molar-refractivity contribution in [1.29, 1.82) is 0 Å². The number of aliphatic hydroxyl groups is 1. The molecule has 0 saturated heterocycles. The molecule has 1 aliphatic rings. The number of hydrogen-bond donors (Lipinski definition) is 3. The van der Waals surface area contributed by atoms with Crippen molar-refractivity contribution >= 4 is 11.7 Å². The molecular formula is C12H18N4O2. The Bertz CT molecular complexity index is 424. The molecule has 18 heavy (non-hydrogen) atoms. The van der Waals surface area contributed by atoms with Crippen molar-refractivity contribution in [2.24, 2.45) is 5.92 Å². The molecular weight excluding hydrogens is 232 g/mol. The van der Waals surface area contributed by atoms with Crippen LogP contribution in [0, 0.1) is 5.92 Å². The van der Waals surface area contributed by atoms with Gasteiger partial charge in [-0.05, 0) is 25.2 Å². The van der Waals surface area contributed by atoms with Gasteiger partial charge in [0.25, 0.3) is 5.91 Å². The smallest absolute Gasteiger partial charge is 0.273 e. The zero-order valence-corrected chi connectivity index (χ0v) is 10.2. The number of carbonyl (C=O) groups is 1. The van der Waals surface area contributed by atoms with Gasteiger partial charge in [-0.15, -0.1) is 0 Å². The summed E-state index contributed by atoms with van der Waals surface area (Å²) < 4.78 is 0.